The maximum Gasteiger partial charge on any atom is 0.256 e. The van der Waals surface area contributed by atoms with Gasteiger partial charge in [0.25, 0.3) is 6.43 Å². The van der Waals surface area contributed by atoms with Crippen LogP contribution in [0.15, 0.2) is 36.5 Å². The molecule has 2 atom stereocenters. The molecule has 4 heterocycles. The lowest BCUT2D eigenvalue weighted by molar-refractivity contribution is -0.128. The van der Waals surface area contributed by atoms with E-state index in [4.69, 9.17) is 4.74 Å². The van der Waals surface area contributed by atoms with E-state index in [0.717, 1.165) is 6.20 Å². The number of aromatic nitrogens is 5. The van der Waals surface area contributed by atoms with Crippen molar-refractivity contribution >= 4 is 28.4 Å². The Balaban J connectivity index is 1.58. The second kappa shape index (κ2) is 9.54. The Morgan fingerprint density at radius 2 is 2.05 bits per heavy atom. The number of halogens is 4. The number of alkyl halides is 3. The van der Waals surface area contributed by atoms with Gasteiger partial charge >= 0.3 is 0 Å². The third kappa shape index (κ3) is 4.45. The summed E-state index contributed by atoms with van der Waals surface area (Å²) in [6.45, 7) is 7.62. The number of benzene rings is 1. The molecule has 4 aromatic rings. The van der Waals surface area contributed by atoms with Crippen LogP contribution >= 0.6 is 0 Å². The van der Waals surface area contributed by atoms with Gasteiger partial charge in [0.15, 0.2) is 11.5 Å². The van der Waals surface area contributed by atoms with E-state index >= 15 is 8.78 Å². The molecule has 13 heteroatoms. The zero-order valence-corrected chi connectivity index (χ0v) is 21.8. The number of nitrogens with one attached hydrogen (secondary N) is 1. The number of amides is 1. The molecule has 39 heavy (non-hydrogen) atoms. The molecule has 1 saturated heterocycles. The fraction of sp³-hybridized carbons (Fsp3) is 0.385. The lowest BCUT2D eigenvalue weighted by Gasteiger charge is -2.27. The van der Waals surface area contributed by atoms with Crippen LogP contribution in [0.25, 0.3) is 27.7 Å². The number of hydrogen-bond acceptors (Lipinski definition) is 6. The molecule has 5 rings (SSSR count). The third-order valence-corrected chi connectivity index (χ3v) is 7.13. The van der Waals surface area contributed by atoms with Crippen LogP contribution < -0.4 is 10.1 Å². The summed E-state index contributed by atoms with van der Waals surface area (Å²) in [5.74, 6) is -0.558. The average molecular weight is 546 g/mol. The number of aryl methyl sites for hydroxylation is 1. The molecular formula is C26H27F4N7O2. The Morgan fingerprint density at radius 1 is 1.31 bits per heavy atom. The maximum absolute atomic E-state index is 15.9. The van der Waals surface area contributed by atoms with E-state index in [-0.39, 0.29) is 47.5 Å². The lowest BCUT2D eigenvalue weighted by Crippen LogP contribution is -2.43. The van der Waals surface area contributed by atoms with Crippen molar-refractivity contribution in [2.45, 2.75) is 45.5 Å². The van der Waals surface area contributed by atoms with Crippen LogP contribution in [0.1, 0.15) is 19.7 Å². The minimum absolute atomic E-state index is 0.00460. The fourth-order valence-electron chi connectivity index (χ4n) is 5.07. The molecule has 1 fully saturated rings. The number of fused-ring (bicyclic) bond motifs is 2. The van der Waals surface area contributed by atoms with Crippen molar-refractivity contribution in [3.63, 3.8) is 0 Å². The number of likely N-dealkylation sites (tertiary alicyclic amines) is 1. The quantitative estimate of drug-likeness (QED) is 0.274. The fourth-order valence-corrected chi connectivity index (χ4v) is 5.07. The molecule has 0 saturated carbocycles. The minimum atomic E-state index is -2.59. The van der Waals surface area contributed by atoms with Gasteiger partial charge in [-0.2, -0.15) is 4.98 Å². The van der Waals surface area contributed by atoms with Gasteiger partial charge in [0, 0.05) is 13.5 Å². The normalized spacial score (nSPS) is 19.4. The highest BCUT2D eigenvalue weighted by Crippen LogP contribution is 2.37. The van der Waals surface area contributed by atoms with Gasteiger partial charge in [-0.05, 0) is 37.1 Å². The number of hydrogen-bond donors (Lipinski definition) is 1. The second-order valence-corrected chi connectivity index (χ2v) is 9.69. The first-order chi connectivity index (χ1) is 18.4. The number of ether oxygens (including phenoxy) is 1. The van der Waals surface area contributed by atoms with E-state index in [2.05, 4.69) is 27.0 Å². The van der Waals surface area contributed by atoms with Gasteiger partial charge in [-0.3, -0.25) is 4.79 Å². The molecule has 1 unspecified atom stereocenters. The van der Waals surface area contributed by atoms with E-state index in [0.29, 0.717) is 22.4 Å². The molecular weight excluding hydrogens is 518 g/mol. The van der Waals surface area contributed by atoms with Crippen LogP contribution in [0.5, 0.6) is 5.88 Å². The summed E-state index contributed by atoms with van der Waals surface area (Å²) in [4.78, 5) is 22.0. The summed E-state index contributed by atoms with van der Waals surface area (Å²) in [7, 11) is 1.35. The van der Waals surface area contributed by atoms with Crippen molar-refractivity contribution in [3.05, 3.63) is 48.2 Å². The number of anilines is 1. The van der Waals surface area contributed by atoms with Crippen molar-refractivity contribution in [1.82, 2.24) is 29.0 Å². The molecule has 0 spiro atoms. The highest BCUT2D eigenvalue weighted by molar-refractivity contribution is 5.90. The molecule has 0 bridgehead atoms. The van der Waals surface area contributed by atoms with E-state index in [9.17, 15) is 13.6 Å². The van der Waals surface area contributed by atoms with Crippen LogP contribution in [0, 0.1) is 12.7 Å². The molecule has 1 N–H and O–H groups in total. The standard InChI is InChI=1S/C26H27F4N7O2/c1-13(2)26(30)12-35(15(4)38)10-20(26)32-25-33-24(39-5)23-22(17(27)9-37(23)34-25)16-6-7-18-19(8-16)36(11-21(28)29)14(3)31-18/h6-9,20-21H,1,10-12H2,2-5H3,(H,32,34)/t20-,26?/m1/s1. The first kappa shape index (κ1) is 26.4. The van der Waals surface area contributed by atoms with E-state index in [1.807, 2.05) is 0 Å². The first-order valence-electron chi connectivity index (χ1n) is 12.2. The van der Waals surface area contributed by atoms with Gasteiger partial charge in [-0.15, -0.1) is 5.10 Å². The molecule has 1 aliphatic heterocycles. The van der Waals surface area contributed by atoms with Gasteiger partial charge in [0.1, 0.15) is 11.3 Å². The predicted molar refractivity (Wildman–Crippen MR) is 137 cm³/mol. The summed E-state index contributed by atoms with van der Waals surface area (Å²) < 4.78 is 65.7. The Hall–Kier alpha value is -4.16. The molecule has 9 nitrogen and oxygen atoms in total. The number of nitrogens with zero attached hydrogens (tertiary/aromatic N) is 6. The number of carbonyl (C=O) groups is 1. The van der Waals surface area contributed by atoms with Crippen molar-refractivity contribution < 1.29 is 27.1 Å². The minimum Gasteiger partial charge on any atom is -0.479 e. The van der Waals surface area contributed by atoms with Crippen molar-refractivity contribution in [2.24, 2.45) is 0 Å². The number of methoxy groups -OCH3 is 1. The Labute approximate surface area is 221 Å². The van der Waals surface area contributed by atoms with Crippen molar-refractivity contribution in [1.29, 1.82) is 0 Å². The molecule has 3 aromatic heterocycles. The molecule has 206 valence electrons. The molecule has 0 aliphatic carbocycles. The van der Waals surface area contributed by atoms with Crippen LogP contribution in [0.3, 0.4) is 0 Å². The van der Waals surface area contributed by atoms with E-state index in [1.54, 1.807) is 32.0 Å². The predicted octanol–water partition coefficient (Wildman–Crippen LogP) is 4.39. The topological polar surface area (TPSA) is 89.6 Å². The van der Waals surface area contributed by atoms with Crippen LogP contribution in [-0.4, -0.2) is 73.3 Å². The number of imidazole rings is 1. The zero-order valence-electron chi connectivity index (χ0n) is 21.8. The Bertz CT molecular complexity index is 1620. The van der Waals surface area contributed by atoms with Crippen LogP contribution in [0.2, 0.25) is 0 Å². The van der Waals surface area contributed by atoms with Crippen molar-refractivity contribution in [3.8, 4) is 17.0 Å². The summed E-state index contributed by atoms with van der Waals surface area (Å²) in [6.07, 6.45) is -1.46. The molecule has 1 aliphatic rings. The van der Waals surface area contributed by atoms with Crippen molar-refractivity contribution in [2.75, 3.05) is 25.5 Å². The maximum atomic E-state index is 15.9. The summed E-state index contributed by atoms with van der Waals surface area (Å²) in [5.41, 5.74) is -0.0791. The number of carbonyl (C=O) groups excluding carboxylic acids is 1. The zero-order chi connectivity index (χ0) is 28.2. The van der Waals surface area contributed by atoms with Gasteiger partial charge in [0.2, 0.25) is 17.7 Å². The SMILES string of the molecule is C=C(C)C1(F)CN(C(C)=O)C[C@H]1Nc1nc(OC)c2c(-c3ccc4nc(C)n(CC(F)F)c4c3)c(F)cn2n1. The molecule has 0 radical (unpaired) electrons. The second-order valence-electron chi connectivity index (χ2n) is 9.69. The highest BCUT2D eigenvalue weighted by atomic mass is 19.3. The smallest absolute Gasteiger partial charge is 0.256 e. The summed E-state index contributed by atoms with van der Waals surface area (Å²) in [5, 5.41) is 7.26. The van der Waals surface area contributed by atoms with E-state index < -0.39 is 30.5 Å². The van der Waals surface area contributed by atoms with Gasteiger partial charge in [-0.1, -0.05) is 12.6 Å². The summed E-state index contributed by atoms with van der Waals surface area (Å²) in [6, 6.07) is 3.94. The van der Waals surface area contributed by atoms with Gasteiger partial charge in [-0.25, -0.2) is 27.1 Å². The molecule has 1 amide bonds. The van der Waals surface area contributed by atoms with Crippen LogP contribution in [-0.2, 0) is 11.3 Å². The average Bonchev–Trinajstić information content (AvgIpc) is 3.49. The lowest BCUT2D eigenvalue weighted by atomic mass is 9.93. The van der Waals surface area contributed by atoms with Gasteiger partial charge < -0.3 is 19.5 Å². The van der Waals surface area contributed by atoms with Crippen LogP contribution in [0.4, 0.5) is 23.5 Å². The Kier molecular flexibility index (Phi) is 6.47. The number of rotatable bonds is 7. The van der Waals surface area contributed by atoms with Gasteiger partial charge in [0.05, 0.1) is 49.0 Å². The Morgan fingerprint density at radius 3 is 2.69 bits per heavy atom. The highest BCUT2D eigenvalue weighted by Gasteiger charge is 2.49. The monoisotopic (exact) mass is 545 g/mol. The molecule has 1 aromatic carbocycles. The summed E-state index contributed by atoms with van der Waals surface area (Å²) >= 11 is 0. The largest absolute Gasteiger partial charge is 0.479 e. The van der Waals surface area contributed by atoms with E-state index in [1.165, 1.54) is 28.0 Å². The third-order valence-electron chi connectivity index (χ3n) is 7.13. The first-order valence-corrected chi connectivity index (χ1v) is 12.2.